The second-order valence-electron chi connectivity index (χ2n) is 5.28. The van der Waals surface area contributed by atoms with Crippen LogP contribution in [0.2, 0.25) is 0 Å². The van der Waals surface area contributed by atoms with Gasteiger partial charge in [0.1, 0.15) is 17.2 Å². The topological polar surface area (TPSA) is 55.8 Å². The fourth-order valence-electron chi connectivity index (χ4n) is 2.37. The Bertz CT molecular complexity index is 760. The SMILES string of the molecule is COc1ccc(OC)c(C=CC(=O)c2cc(C)cc(C)c2O)c1. The van der Waals surface area contributed by atoms with Gasteiger partial charge < -0.3 is 14.6 Å². The first-order valence-corrected chi connectivity index (χ1v) is 7.21. The summed E-state index contributed by atoms with van der Waals surface area (Å²) in [6.07, 6.45) is 3.08. The van der Waals surface area contributed by atoms with Gasteiger partial charge in [0, 0.05) is 5.56 Å². The minimum Gasteiger partial charge on any atom is -0.507 e. The molecule has 0 aliphatic rings. The smallest absolute Gasteiger partial charge is 0.189 e. The number of methoxy groups -OCH3 is 2. The maximum Gasteiger partial charge on any atom is 0.189 e. The highest BCUT2D eigenvalue weighted by Crippen LogP contribution is 2.27. The van der Waals surface area contributed by atoms with Crippen molar-refractivity contribution in [1.82, 2.24) is 0 Å². The normalized spacial score (nSPS) is 10.8. The van der Waals surface area contributed by atoms with Crippen LogP contribution in [-0.2, 0) is 0 Å². The molecule has 2 rings (SSSR count). The van der Waals surface area contributed by atoms with Gasteiger partial charge in [-0.15, -0.1) is 0 Å². The molecule has 0 bridgehead atoms. The van der Waals surface area contributed by atoms with Crippen molar-refractivity contribution in [2.24, 2.45) is 0 Å². The molecule has 0 radical (unpaired) electrons. The molecule has 0 amide bonds. The van der Waals surface area contributed by atoms with Crippen LogP contribution in [0.15, 0.2) is 36.4 Å². The number of hydrogen-bond donors (Lipinski definition) is 1. The van der Waals surface area contributed by atoms with Crippen molar-refractivity contribution in [3.05, 3.63) is 58.7 Å². The molecular formula is C19H20O4. The third-order valence-corrected chi connectivity index (χ3v) is 3.56. The molecule has 0 atom stereocenters. The number of benzene rings is 2. The summed E-state index contributed by atoms with van der Waals surface area (Å²) in [5.41, 5.74) is 2.63. The second-order valence-corrected chi connectivity index (χ2v) is 5.28. The number of ketones is 1. The first-order chi connectivity index (χ1) is 11.0. The van der Waals surface area contributed by atoms with Gasteiger partial charge in [0.2, 0.25) is 0 Å². The molecule has 0 aliphatic carbocycles. The van der Waals surface area contributed by atoms with Crippen LogP contribution in [0.4, 0.5) is 0 Å². The van der Waals surface area contributed by atoms with E-state index in [1.165, 1.54) is 6.08 Å². The minimum absolute atomic E-state index is 0.0165. The molecular weight excluding hydrogens is 292 g/mol. The van der Waals surface area contributed by atoms with E-state index < -0.39 is 0 Å². The van der Waals surface area contributed by atoms with Crippen molar-refractivity contribution in [1.29, 1.82) is 0 Å². The van der Waals surface area contributed by atoms with Crippen molar-refractivity contribution < 1.29 is 19.4 Å². The van der Waals surface area contributed by atoms with E-state index in [9.17, 15) is 9.90 Å². The maximum atomic E-state index is 12.4. The van der Waals surface area contributed by atoms with Crippen molar-refractivity contribution in [2.75, 3.05) is 14.2 Å². The Labute approximate surface area is 136 Å². The lowest BCUT2D eigenvalue weighted by Gasteiger charge is -2.08. The number of ether oxygens (including phenoxy) is 2. The van der Waals surface area contributed by atoms with Crippen LogP contribution in [0, 0.1) is 13.8 Å². The first kappa shape index (κ1) is 16.6. The predicted octanol–water partition coefficient (Wildman–Crippen LogP) is 3.92. The lowest BCUT2D eigenvalue weighted by Crippen LogP contribution is -1.98. The fraction of sp³-hybridized carbons (Fsp3) is 0.211. The minimum atomic E-state index is -0.265. The molecule has 0 spiro atoms. The van der Waals surface area contributed by atoms with Gasteiger partial charge in [0.15, 0.2) is 5.78 Å². The molecule has 4 heteroatoms. The molecule has 0 heterocycles. The van der Waals surface area contributed by atoms with Crippen LogP contribution < -0.4 is 9.47 Å². The van der Waals surface area contributed by atoms with Crippen LogP contribution in [0.25, 0.3) is 6.08 Å². The number of phenolic OH excluding ortho intramolecular Hbond substituents is 1. The van der Waals surface area contributed by atoms with Crippen LogP contribution in [0.5, 0.6) is 17.2 Å². The number of rotatable bonds is 5. The van der Waals surface area contributed by atoms with Gasteiger partial charge in [-0.25, -0.2) is 0 Å². The van der Waals surface area contributed by atoms with Crippen molar-refractivity contribution in [3.63, 3.8) is 0 Å². The Morgan fingerprint density at radius 2 is 1.83 bits per heavy atom. The summed E-state index contributed by atoms with van der Waals surface area (Å²) in [4.78, 5) is 12.4. The zero-order valence-electron chi connectivity index (χ0n) is 13.7. The van der Waals surface area contributed by atoms with E-state index in [-0.39, 0.29) is 11.5 Å². The molecule has 4 nitrogen and oxygen atoms in total. The molecule has 0 saturated heterocycles. The standard InChI is InChI=1S/C19H20O4/c1-12-9-13(2)19(21)16(10-12)17(20)7-5-14-11-15(22-3)6-8-18(14)23-4/h5-11,21H,1-4H3. The lowest BCUT2D eigenvalue weighted by molar-refractivity contribution is 0.104. The fourth-order valence-corrected chi connectivity index (χ4v) is 2.37. The van der Waals surface area contributed by atoms with Crippen molar-refractivity contribution in [3.8, 4) is 17.2 Å². The monoisotopic (exact) mass is 312 g/mol. The van der Waals surface area contributed by atoms with Gasteiger partial charge in [-0.3, -0.25) is 4.79 Å². The quantitative estimate of drug-likeness (QED) is 0.671. The van der Waals surface area contributed by atoms with Crippen LogP contribution in [0.1, 0.15) is 27.0 Å². The van der Waals surface area contributed by atoms with Gasteiger partial charge in [0.05, 0.1) is 19.8 Å². The zero-order chi connectivity index (χ0) is 17.0. The average molecular weight is 312 g/mol. The number of aromatic hydroxyl groups is 1. The number of carbonyl (C=O) groups excluding carboxylic acids is 1. The Morgan fingerprint density at radius 3 is 2.48 bits per heavy atom. The van der Waals surface area contributed by atoms with Gasteiger partial charge in [-0.05, 0) is 61.4 Å². The maximum absolute atomic E-state index is 12.4. The number of aryl methyl sites for hydroxylation is 2. The third-order valence-electron chi connectivity index (χ3n) is 3.56. The Kier molecular flexibility index (Phi) is 5.06. The summed E-state index contributed by atoms with van der Waals surface area (Å²) in [5, 5.41) is 10.1. The van der Waals surface area contributed by atoms with Crippen LogP contribution >= 0.6 is 0 Å². The summed E-state index contributed by atoms with van der Waals surface area (Å²) in [6, 6.07) is 8.85. The Hall–Kier alpha value is -2.75. The summed E-state index contributed by atoms with van der Waals surface area (Å²) in [6.45, 7) is 3.66. The lowest BCUT2D eigenvalue weighted by atomic mass is 10.0. The molecule has 2 aromatic rings. The highest BCUT2D eigenvalue weighted by Gasteiger charge is 2.12. The molecule has 0 aliphatic heterocycles. The largest absolute Gasteiger partial charge is 0.507 e. The summed E-state index contributed by atoms with van der Waals surface area (Å²) in [7, 11) is 3.14. The van der Waals surface area contributed by atoms with E-state index in [1.54, 1.807) is 51.5 Å². The summed E-state index contributed by atoms with van der Waals surface area (Å²) in [5.74, 6) is 1.06. The first-order valence-electron chi connectivity index (χ1n) is 7.21. The number of carbonyl (C=O) groups is 1. The van der Waals surface area contributed by atoms with E-state index >= 15 is 0 Å². The molecule has 0 unspecified atom stereocenters. The van der Waals surface area contributed by atoms with Crippen LogP contribution in [0.3, 0.4) is 0 Å². The summed E-state index contributed by atoms with van der Waals surface area (Å²) >= 11 is 0. The Balaban J connectivity index is 2.35. The second kappa shape index (κ2) is 7.01. The van der Waals surface area contributed by atoms with E-state index in [0.29, 0.717) is 22.6 Å². The van der Waals surface area contributed by atoms with Gasteiger partial charge in [-0.1, -0.05) is 6.07 Å². The zero-order valence-corrected chi connectivity index (χ0v) is 13.7. The molecule has 0 saturated carbocycles. The number of allylic oxidation sites excluding steroid dienone is 1. The molecule has 0 aromatic heterocycles. The number of phenols is 1. The molecule has 23 heavy (non-hydrogen) atoms. The number of hydrogen-bond acceptors (Lipinski definition) is 4. The van der Waals surface area contributed by atoms with E-state index in [4.69, 9.17) is 9.47 Å². The molecule has 120 valence electrons. The predicted molar refractivity (Wildman–Crippen MR) is 90.5 cm³/mol. The van der Waals surface area contributed by atoms with E-state index in [0.717, 1.165) is 11.1 Å². The highest BCUT2D eigenvalue weighted by atomic mass is 16.5. The highest BCUT2D eigenvalue weighted by molar-refractivity contribution is 6.09. The molecule has 0 fully saturated rings. The molecule has 1 N–H and O–H groups in total. The molecule has 2 aromatic carbocycles. The average Bonchev–Trinajstić information content (AvgIpc) is 2.55. The third kappa shape index (κ3) is 3.72. The van der Waals surface area contributed by atoms with Gasteiger partial charge >= 0.3 is 0 Å². The van der Waals surface area contributed by atoms with E-state index in [1.807, 2.05) is 13.0 Å². The van der Waals surface area contributed by atoms with Crippen LogP contribution in [-0.4, -0.2) is 25.1 Å². The van der Waals surface area contributed by atoms with Crippen molar-refractivity contribution in [2.45, 2.75) is 13.8 Å². The van der Waals surface area contributed by atoms with Crippen molar-refractivity contribution >= 4 is 11.9 Å². The van der Waals surface area contributed by atoms with E-state index in [2.05, 4.69) is 0 Å². The van der Waals surface area contributed by atoms with Gasteiger partial charge in [0.25, 0.3) is 0 Å². The summed E-state index contributed by atoms with van der Waals surface area (Å²) < 4.78 is 10.5. The van der Waals surface area contributed by atoms with Gasteiger partial charge in [-0.2, -0.15) is 0 Å². The Morgan fingerprint density at radius 1 is 1.09 bits per heavy atom.